The Hall–Kier alpha value is -3.03. The Kier molecular flexibility index (Phi) is 9.43. The maximum Gasteiger partial charge on any atom is 0.304 e. The first-order valence-corrected chi connectivity index (χ1v) is 11.9. The highest BCUT2D eigenvalue weighted by atomic mass is 16.7. The average molecular weight is 477 g/mol. The van der Waals surface area contributed by atoms with Gasteiger partial charge < -0.3 is 23.7 Å². The van der Waals surface area contributed by atoms with E-state index in [9.17, 15) is 4.79 Å². The minimum Gasteiger partial charge on any atom is -0.436 e. The fraction of sp³-hybridized carbons (Fsp3) is 0.345. The molecule has 1 aliphatic rings. The first-order chi connectivity index (χ1) is 17.2. The Morgan fingerprint density at radius 3 is 1.83 bits per heavy atom. The zero-order valence-corrected chi connectivity index (χ0v) is 20.0. The van der Waals surface area contributed by atoms with Crippen molar-refractivity contribution in [1.82, 2.24) is 0 Å². The van der Waals surface area contributed by atoms with Gasteiger partial charge in [0.2, 0.25) is 6.29 Å². The number of rotatable bonds is 11. The van der Waals surface area contributed by atoms with Crippen molar-refractivity contribution < 1.29 is 28.5 Å². The normalized spacial score (nSPS) is 22.0. The highest BCUT2D eigenvalue weighted by molar-refractivity contribution is 5.66. The Morgan fingerprint density at radius 2 is 1.29 bits per heavy atom. The summed E-state index contributed by atoms with van der Waals surface area (Å²) in [5, 5.41) is 0. The van der Waals surface area contributed by atoms with Crippen LogP contribution in [0.5, 0.6) is 0 Å². The maximum atomic E-state index is 11.7. The zero-order valence-electron chi connectivity index (χ0n) is 20.0. The number of carbonyl (C=O) groups is 1. The van der Waals surface area contributed by atoms with Crippen molar-refractivity contribution in [2.24, 2.45) is 0 Å². The molecular formula is C29H32O6. The molecule has 3 aromatic rings. The van der Waals surface area contributed by atoms with E-state index in [1.807, 2.05) is 91.0 Å². The summed E-state index contributed by atoms with van der Waals surface area (Å²) in [6.07, 6.45) is -1.57. The molecule has 1 heterocycles. The van der Waals surface area contributed by atoms with E-state index in [0.717, 1.165) is 16.7 Å². The monoisotopic (exact) mass is 476 g/mol. The summed E-state index contributed by atoms with van der Waals surface area (Å²) in [5.41, 5.74) is 3.18. The molecule has 6 heteroatoms. The second-order valence-corrected chi connectivity index (χ2v) is 8.55. The molecule has 1 fully saturated rings. The van der Waals surface area contributed by atoms with Crippen molar-refractivity contribution in [3.05, 3.63) is 108 Å². The summed E-state index contributed by atoms with van der Waals surface area (Å²) < 4.78 is 30.3. The molecule has 4 atom stereocenters. The molecule has 0 saturated carbocycles. The third kappa shape index (κ3) is 8.01. The lowest BCUT2D eigenvalue weighted by Gasteiger charge is -2.40. The number of hydrogen-bond donors (Lipinski definition) is 0. The number of carbonyl (C=O) groups excluding carboxylic acids is 1. The van der Waals surface area contributed by atoms with E-state index in [4.69, 9.17) is 23.7 Å². The second kappa shape index (κ2) is 13.2. The zero-order chi connectivity index (χ0) is 24.3. The minimum absolute atomic E-state index is 0.275. The molecule has 35 heavy (non-hydrogen) atoms. The molecule has 1 saturated heterocycles. The van der Waals surface area contributed by atoms with Gasteiger partial charge in [0.1, 0.15) is 12.2 Å². The minimum atomic E-state index is -0.727. The predicted octanol–water partition coefficient (Wildman–Crippen LogP) is 5.05. The Bertz CT molecular complexity index is 1010. The van der Waals surface area contributed by atoms with E-state index in [1.165, 1.54) is 6.92 Å². The van der Waals surface area contributed by atoms with Gasteiger partial charge in [-0.25, -0.2) is 0 Å². The van der Waals surface area contributed by atoms with Crippen molar-refractivity contribution in [3.63, 3.8) is 0 Å². The summed E-state index contributed by atoms with van der Waals surface area (Å²) >= 11 is 0. The van der Waals surface area contributed by atoms with Crippen LogP contribution in [0.2, 0.25) is 0 Å². The predicted molar refractivity (Wildman–Crippen MR) is 131 cm³/mol. The first-order valence-electron chi connectivity index (χ1n) is 11.9. The maximum absolute atomic E-state index is 11.7. The molecule has 184 valence electrons. The van der Waals surface area contributed by atoms with Crippen molar-refractivity contribution in [2.75, 3.05) is 6.61 Å². The fourth-order valence-electron chi connectivity index (χ4n) is 4.08. The molecule has 1 aliphatic heterocycles. The summed E-state index contributed by atoms with van der Waals surface area (Å²) in [6.45, 7) is 2.92. The second-order valence-electron chi connectivity index (χ2n) is 8.55. The van der Waals surface area contributed by atoms with Crippen molar-refractivity contribution >= 4 is 5.97 Å². The highest BCUT2D eigenvalue weighted by Gasteiger charge is 2.42. The van der Waals surface area contributed by atoms with Crippen molar-refractivity contribution in [3.8, 4) is 0 Å². The standard InChI is InChI=1S/C29H32O6/c1-22(30)34-28-17-26(32-19-24-13-7-3-8-14-24)29(33-20-25-15-9-4-10-16-25)27(35-28)21-31-18-23-11-5-2-6-12-23/h2-16,26-29H,17-21H2,1H3/t26-,27-,28+,29+/m1/s1. The molecule has 0 aromatic heterocycles. The van der Waals surface area contributed by atoms with Crippen LogP contribution in [-0.4, -0.2) is 37.2 Å². The van der Waals surface area contributed by atoms with Gasteiger partial charge in [0, 0.05) is 13.3 Å². The Balaban J connectivity index is 1.48. The van der Waals surface area contributed by atoms with Crippen LogP contribution in [0.4, 0.5) is 0 Å². The van der Waals surface area contributed by atoms with Crippen LogP contribution in [0.1, 0.15) is 30.0 Å². The van der Waals surface area contributed by atoms with Gasteiger partial charge in [0.05, 0.1) is 32.5 Å². The lowest BCUT2D eigenvalue weighted by molar-refractivity contribution is -0.271. The molecule has 4 rings (SSSR count). The van der Waals surface area contributed by atoms with Crippen LogP contribution in [0.25, 0.3) is 0 Å². The molecule has 6 nitrogen and oxygen atoms in total. The van der Waals surface area contributed by atoms with Gasteiger partial charge in [-0.15, -0.1) is 0 Å². The van der Waals surface area contributed by atoms with E-state index in [0.29, 0.717) is 26.2 Å². The van der Waals surface area contributed by atoms with E-state index in [1.54, 1.807) is 0 Å². The summed E-state index contributed by atoms with van der Waals surface area (Å²) in [4.78, 5) is 11.7. The van der Waals surface area contributed by atoms with E-state index in [2.05, 4.69) is 0 Å². The number of hydrogen-bond acceptors (Lipinski definition) is 6. The number of benzene rings is 3. The topological polar surface area (TPSA) is 63.2 Å². The van der Waals surface area contributed by atoms with Gasteiger partial charge in [-0.05, 0) is 16.7 Å². The molecule has 0 amide bonds. The van der Waals surface area contributed by atoms with Gasteiger partial charge >= 0.3 is 5.97 Å². The lowest BCUT2D eigenvalue weighted by Crippen LogP contribution is -2.53. The van der Waals surface area contributed by atoms with Gasteiger partial charge in [0.15, 0.2) is 0 Å². The molecule has 0 unspecified atom stereocenters. The van der Waals surface area contributed by atoms with Crippen LogP contribution in [0.3, 0.4) is 0 Å². The number of ether oxygens (including phenoxy) is 5. The Labute approximate surface area is 206 Å². The van der Waals surface area contributed by atoms with Gasteiger partial charge in [-0.1, -0.05) is 91.0 Å². The smallest absolute Gasteiger partial charge is 0.304 e. The quantitative estimate of drug-likeness (QED) is 0.361. The van der Waals surface area contributed by atoms with E-state index in [-0.39, 0.29) is 12.7 Å². The third-order valence-corrected chi connectivity index (χ3v) is 5.77. The van der Waals surface area contributed by atoms with Crippen molar-refractivity contribution in [1.29, 1.82) is 0 Å². The Morgan fingerprint density at radius 1 is 0.771 bits per heavy atom. The number of esters is 1. The molecular weight excluding hydrogens is 444 g/mol. The highest BCUT2D eigenvalue weighted by Crippen LogP contribution is 2.28. The van der Waals surface area contributed by atoms with Gasteiger partial charge in [-0.3, -0.25) is 4.79 Å². The van der Waals surface area contributed by atoms with Crippen LogP contribution >= 0.6 is 0 Å². The van der Waals surface area contributed by atoms with Crippen LogP contribution in [0.15, 0.2) is 91.0 Å². The van der Waals surface area contributed by atoms with Crippen LogP contribution < -0.4 is 0 Å². The van der Waals surface area contributed by atoms with E-state index < -0.39 is 24.5 Å². The van der Waals surface area contributed by atoms with Crippen molar-refractivity contribution in [2.45, 2.75) is 57.8 Å². The first kappa shape index (κ1) is 25.1. The molecule has 0 radical (unpaired) electrons. The summed E-state index contributed by atoms with van der Waals surface area (Å²) in [6, 6.07) is 29.9. The average Bonchev–Trinajstić information content (AvgIpc) is 2.88. The fourth-order valence-corrected chi connectivity index (χ4v) is 4.08. The lowest BCUT2D eigenvalue weighted by atomic mass is 10.0. The summed E-state index contributed by atoms with van der Waals surface area (Å²) in [5.74, 6) is -0.399. The van der Waals surface area contributed by atoms with Crippen LogP contribution in [0, 0.1) is 0 Å². The molecule has 3 aromatic carbocycles. The SMILES string of the molecule is CC(=O)O[C@@H]1C[C@@H](OCc2ccccc2)[C@H](OCc2ccccc2)[C@@H](COCc2ccccc2)O1. The summed E-state index contributed by atoms with van der Waals surface area (Å²) in [7, 11) is 0. The molecule has 0 N–H and O–H groups in total. The van der Waals surface area contributed by atoms with Gasteiger partial charge in [-0.2, -0.15) is 0 Å². The molecule has 0 aliphatic carbocycles. The van der Waals surface area contributed by atoms with Gasteiger partial charge in [0.25, 0.3) is 0 Å². The molecule has 0 bridgehead atoms. The van der Waals surface area contributed by atoms with E-state index >= 15 is 0 Å². The van der Waals surface area contributed by atoms with Crippen LogP contribution in [-0.2, 0) is 48.3 Å². The third-order valence-electron chi connectivity index (χ3n) is 5.77. The molecule has 0 spiro atoms. The largest absolute Gasteiger partial charge is 0.436 e.